The average molecular weight is 363 g/mol. The highest BCUT2D eigenvalue weighted by Gasteiger charge is 2.14. The maximum absolute atomic E-state index is 12.7. The van der Waals surface area contributed by atoms with E-state index in [-0.39, 0.29) is 5.91 Å². The number of anilines is 2. The first kappa shape index (κ1) is 18.3. The number of amides is 1. The molecule has 0 bridgehead atoms. The number of likely N-dealkylation sites (N-methyl/N-ethyl adjacent to an activating group) is 1. The molecule has 0 atom stereocenters. The van der Waals surface area contributed by atoms with Gasteiger partial charge in [-0.15, -0.1) is 0 Å². The molecule has 0 saturated heterocycles. The Morgan fingerprint density at radius 2 is 1.93 bits per heavy atom. The summed E-state index contributed by atoms with van der Waals surface area (Å²) in [5.41, 5.74) is 2.23. The quantitative estimate of drug-likeness (QED) is 0.695. The third-order valence-corrected chi connectivity index (χ3v) is 4.09. The van der Waals surface area contributed by atoms with Gasteiger partial charge in [0, 0.05) is 32.1 Å². The van der Waals surface area contributed by atoms with Crippen LogP contribution in [0.25, 0.3) is 0 Å². The number of hydrogen-bond acceptors (Lipinski definition) is 6. The number of pyridine rings is 1. The second-order valence-electron chi connectivity index (χ2n) is 5.95. The van der Waals surface area contributed by atoms with Crippen molar-refractivity contribution < 1.29 is 9.53 Å². The third kappa shape index (κ3) is 4.78. The van der Waals surface area contributed by atoms with Crippen molar-refractivity contribution in [1.29, 1.82) is 0 Å². The summed E-state index contributed by atoms with van der Waals surface area (Å²) in [5.74, 6) is 1.06. The van der Waals surface area contributed by atoms with Crippen LogP contribution in [0.15, 0.2) is 61.2 Å². The van der Waals surface area contributed by atoms with Crippen LogP contribution in [-0.2, 0) is 6.42 Å². The number of methoxy groups -OCH3 is 1. The number of rotatable bonds is 7. The van der Waals surface area contributed by atoms with Crippen LogP contribution in [0.2, 0.25) is 0 Å². The minimum absolute atomic E-state index is 0.158. The lowest BCUT2D eigenvalue weighted by atomic mass is 10.2. The van der Waals surface area contributed by atoms with Crippen LogP contribution in [0.3, 0.4) is 0 Å². The molecule has 138 valence electrons. The fraction of sp³-hybridized carbons (Fsp3) is 0.200. The van der Waals surface area contributed by atoms with Crippen LogP contribution in [0.5, 0.6) is 5.75 Å². The van der Waals surface area contributed by atoms with Crippen LogP contribution < -0.4 is 10.1 Å². The number of hydrogen-bond donors (Lipinski definition) is 1. The van der Waals surface area contributed by atoms with Crippen molar-refractivity contribution in [3.05, 3.63) is 72.4 Å². The van der Waals surface area contributed by atoms with Gasteiger partial charge in [0.25, 0.3) is 5.91 Å². The summed E-state index contributed by atoms with van der Waals surface area (Å²) in [7, 11) is 3.37. The monoisotopic (exact) mass is 363 g/mol. The van der Waals surface area contributed by atoms with Gasteiger partial charge in [-0.05, 0) is 36.2 Å². The van der Waals surface area contributed by atoms with Gasteiger partial charge in [-0.25, -0.2) is 9.97 Å². The maximum atomic E-state index is 12.7. The van der Waals surface area contributed by atoms with E-state index in [1.807, 2.05) is 36.4 Å². The SMILES string of the molecule is COc1ccccc1Nc1cc(C(=O)N(C)CCc2ccncc2)ncn1. The number of para-hydroxylation sites is 2. The van der Waals surface area contributed by atoms with Gasteiger partial charge in [0.15, 0.2) is 0 Å². The second-order valence-corrected chi connectivity index (χ2v) is 5.95. The first-order valence-electron chi connectivity index (χ1n) is 8.54. The third-order valence-electron chi connectivity index (χ3n) is 4.09. The summed E-state index contributed by atoms with van der Waals surface area (Å²) in [5, 5.41) is 3.16. The zero-order chi connectivity index (χ0) is 19.1. The molecule has 1 aromatic carbocycles. The molecule has 7 nitrogen and oxygen atoms in total. The predicted octanol–water partition coefficient (Wildman–Crippen LogP) is 2.94. The lowest BCUT2D eigenvalue weighted by Gasteiger charge is -2.17. The van der Waals surface area contributed by atoms with E-state index >= 15 is 0 Å². The Morgan fingerprint density at radius 3 is 2.70 bits per heavy atom. The minimum Gasteiger partial charge on any atom is -0.495 e. The van der Waals surface area contributed by atoms with E-state index in [9.17, 15) is 4.79 Å². The van der Waals surface area contributed by atoms with E-state index in [4.69, 9.17) is 4.74 Å². The normalized spacial score (nSPS) is 10.3. The highest BCUT2D eigenvalue weighted by atomic mass is 16.5. The lowest BCUT2D eigenvalue weighted by molar-refractivity contribution is 0.0790. The van der Waals surface area contributed by atoms with E-state index in [1.165, 1.54) is 6.33 Å². The molecule has 0 fully saturated rings. The van der Waals surface area contributed by atoms with Gasteiger partial charge in [-0.2, -0.15) is 0 Å². The number of ether oxygens (including phenoxy) is 1. The molecule has 0 aliphatic heterocycles. The lowest BCUT2D eigenvalue weighted by Crippen LogP contribution is -2.29. The molecule has 0 unspecified atom stereocenters. The minimum atomic E-state index is -0.158. The van der Waals surface area contributed by atoms with Gasteiger partial charge in [0.1, 0.15) is 23.6 Å². The molecule has 27 heavy (non-hydrogen) atoms. The van der Waals surface area contributed by atoms with Crippen molar-refractivity contribution in [3.8, 4) is 5.75 Å². The number of carbonyl (C=O) groups excluding carboxylic acids is 1. The first-order valence-corrected chi connectivity index (χ1v) is 8.54. The number of carbonyl (C=O) groups is 1. The maximum Gasteiger partial charge on any atom is 0.272 e. The van der Waals surface area contributed by atoms with Crippen LogP contribution in [0, 0.1) is 0 Å². The number of benzene rings is 1. The molecule has 0 saturated carbocycles. The van der Waals surface area contributed by atoms with Crippen LogP contribution in [0.4, 0.5) is 11.5 Å². The summed E-state index contributed by atoms with van der Waals surface area (Å²) in [4.78, 5) is 26.6. The second kappa shape index (κ2) is 8.75. The van der Waals surface area contributed by atoms with Crippen molar-refractivity contribution >= 4 is 17.4 Å². The van der Waals surface area contributed by atoms with Gasteiger partial charge < -0.3 is 15.0 Å². The molecule has 0 aliphatic carbocycles. The average Bonchev–Trinajstić information content (AvgIpc) is 2.73. The van der Waals surface area contributed by atoms with Crippen LogP contribution in [0.1, 0.15) is 16.1 Å². The molecule has 3 aromatic rings. The van der Waals surface area contributed by atoms with Gasteiger partial charge in [-0.3, -0.25) is 9.78 Å². The van der Waals surface area contributed by atoms with E-state index in [1.54, 1.807) is 37.5 Å². The van der Waals surface area contributed by atoms with E-state index < -0.39 is 0 Å². The van der Waals surface area contributed by atoms with Crippen molar-refractivity contribution in [1.82, 2.24) is 19.9 Å². The summed E-state index contributed by atoms with van der Waals surface area (Å²) in [6.45, 7) is 0.585. The van der Waals surface area contributed by atoms with E-state index in [0.29, 0.717) is 23.8 Å². The van der Waals surface area contributed by atoms with Crippen molar-refractivity contribution in [2.45, 2.75) is 6.42 Å². The van der Waals surface area contributed by atoms with Crippen molar-refractivity contribution in [2.75, 3.05) is 26.0 Å². The first-order chi connectivity index (χ1) is 13.2. The van der Waals surface area contributed by atoms with Gasteiger partial charge >= 0.3 is 0 Å². The summed E-state index contributed by atoms with van der Waals surface area (Å²) in [6, 6.07) is 13.0. The number of nitrogens with zero attached hydrogens (tertiary/aromatic N) is 4. The Morgan fingerprint density at radius 1 is 1.15 bits per heavy atom. The standard InChI is InChI=1S/C20H21N5O2/c1-25(12-9-15-7-10-21-11-8-15)20(26)17-13-19(23-14-22-17)24-16-5-3-4-6-18(16)27-2/h3-8,10-11,13-14H,9,12H2,1-2H3,(H,22,23,24). The largest absolute Gasteiger partial charge is 0.495 e. The summed E-state index contributed by atoms with van der Waals surface area (Å²) < 4.78 is 5.32. The number of aromatic nitrogens is 3. The number of nitrogens with one attached hydrogen (secondary N) is 1. The predicted molar refractivity (Wildman–Crippen MR) is 103 cm³/mol. The van der Waals surface area contributed by atoms with Gasteiger partial charge in [0.2, 0.25) is 0 Å². The Balaban J connectivity index is 1.68. The van der Waals surface area contributed by atoms with Crippen molar-refractivity contribution in [3.63, 3.8) is 0 Å². The molecular weight excluding hydrogens is 342 g/mol. The molecule has 3 rings (SSSR count). The smallest absolute Gasteiger partial charge is 0.272 e. The molecule has 2 heterocycles. The molecule has 2 aromatic heterocycles. The molecule has 1 amide bonds. The van der Waals surface area contributed by atoms with Gasteiger partial charge in [-0.1, -0.05) is 12.1 Å². The molecule has 0 aliphatic rings. The van der Waals surface area contributed by atoms with E-state index in [2.05, 4.69) is 20.3 Å². The highest BCUT2D eigenvalue weighted by molar-refractivity contribution is 5.92. The topological polar surface area (TPSA) is 80.2 Å². The Kier molecular flexibility index (Phi) is 5.94. The van der Waals surface area contributed by atoms with Crippen LogP contribution in [-0.4, -0.2) is 46.5 Å². The zero-order valence-electron chi connectivity index (χ0n) is 15.3. The van der Waals surface area contributed by atoms with Crippen molar-refractivity contribution in [2.24, 2.45) is 0 Å². The van der Waals surface area contributed by atoms with Crippen LogP contribution >= 0.6 is 0 Å². The highest BCUT2D eigenvalue weighted by Crippen LogP contribution is 2.26. The summed E-state index contributed by atoms with van der Waals surface area (Å²) >= 11 is 0. The van der Waals surface area contributed by atoms with E-state index in [0.717, 1.165) is 17.7 Å². The molecular formula is C20H21N5O2. The summed E-state index contributed by atoms with van der Waals surface area (Å²) in [6.07, 6.45) is 5.62. The fourth-order valence-corrected chi connectivity index (χ4v) is 2.57. The Hall–Kier alpha value is -3.48. The zero-order valence-corrected chi connectivity index (χ0v) is 15.3. The van der Waals surface area contributed by atoms with Gasteiger partial charge in [0.05, 0.1) is 12.8 Å². The molecule has 0 radical (unpaired) electrons. The molecule has 0 spiro atoms. The fourth-order valence-electron chi connectivity index (χ4n) is 2.57. The Bertz CT molecular complexity index is 902. The molecule has 1 N–H and O–H groups in total. The Labute approximate surface area is 158 Å². The molecule has 7 heteroatoms.